The Bertz CT molecular complexity index is 1080. The highest BCUT2D eigenvalue weighted by Crippen LogP contribution is 2.19. The third-order valence-electron chi connectivity index (χ3n) is 4.98. The summed E-state index contributed by atoms with van der Waals surface area (Å²) in [5, 5.41) is 7.63. The SMILES string of the molecule is Cn1cc(CC(=O)N=S(C)(=O)C2CCN(C(=O)Cn3ncn(C)c3=O)CC2)cn1. The van der Waals surface area contributed by atoms with Crippen LogP contribution in [-0.2, 0) is 46.4 Å². The lowest BCUT2D eigenvalue weighted by Gasteiger charge is -2.32. The quantitative estimate of drug-likeness (QED) is 0.618. The van der Waals surface area contributed by atoms with Crippen LogP contribution in [0.5, 0.6) is 0 Å². The molecule has 2 aromatic heterocycles. The second-order valence-corrected chi connectivity index (χ2v) is 9.88. The van der Waals surface area contributed by atoms with Crippen molar-refractivity contribution in [1.82, 2.24) is 29.0 Å². The molecule has 0 aromatic carbocycles. The molecule has 0 bridgehead atoms. The zero-order chi connectivity index (χ0) is 21.2. The third-order valence-corrected chi connectivity index (χ3v) is 7.26. The molecule has 0 saturated carbocycles. The summed E-state index contributed by atoms with van der Waals surface area (Å²) >= 11 is 0. The molecule has 1 fully saturated rings. The molecular formula is C17H25N7O4S. The van der Waals surface area contributed by atoms with Gasteiger partial charge in [-0.15, -0.1) is 0 Å². The topological polar surface area (TPSA) is 124 Å². The minimum atomic E-state index is -2.72. The van der Waals surface area contributed by atoms with Gasteiger partial charge >= 0.3 is 5.69 Å². The number of likely N-dealkylation sites (tertiary alicyclic amines) is 1. The first-order valence-corrected chi connectivity index (χ1v) is 11.2. The Morgan fingerprint density at radius 2 is 1.93 bits per heavy atom. The average molecular weight is 423 g/mol. The van der Waals surface area contributed by atoms with Crippen molar-refractivity contribution in [3.05, 3.63) is 34.8 Å². The van der Waals surface area contributed by atoms with Crippen molar-refractivity contribution in [3.8, 4) is 0 Å². The largest absolute Gasteiger partial charge is 0.345 e. The first kappa shape index (κ1) is 21.0. The van der Waals surface area contributed by atoms with Crippen LogP contribution in [0, 0.1) is 0 Å². The lowest BCUT2D eigenvalue weighted by molar-refractivity contribution is -0.133. The van der Waals surface area contributed by atoms with Crippen molar-refractivity contribution in [2.24, 2.45) is 18.5 Å². The van der Waals surface area contributed by atoms with Gasteiger partial charge in [0.1, 0.15) is 12.9 Å². The van der Waals surface area contributed by atoms with Crippen molar-refractivity contribution in [1.29, 1.82) is 0 Å². The Labute approximate surface area is 168 Å². The molecule has 11 nitrogen and oxygen atoms in total. The van der Waals surface area contributed by atoms with E-state index in [1.54, 1.807) is 36.1 Å². The minimum absolute atomic E-state index is 0.0643. The predicted octanol–water partition coefficient (Wildman–Crippen LogP) is -0.827. The maximum absolute atomic E-state index is 13.0. The molecule has 0 aliphatic carbocycles. The van der Waals surface area contributed by atoms with E-state index in [0.717, 1.165) is 10.2 Å². The molecule has 2 aromatic rings. The van der Waals surface area contributed by atoms with E-state index in [1.807, 2.05) is 0 Å². The second-order valence-electron chi connectivity index (χ2n) is 7.31. The van der Waals surface area contributed by atoms with E-state index in [2.05, 4.69) is 14.6 Å². The van der Waals surface area contributed by atoms with Crippen LogP contribution in [0.25, 0.3) is 0 Å². The Balaban J connectivity index is 1.57. The van der Waals surface area contributed by atoms with Crippen molar-refractivity contribution in [2.75, 3.05) is 19.3 Å². The van der Waals surface area contributed by atoms with Gasteiger partial charge in [0.05, 0.1) is 22.3 Å². The molecule has 3 rings (SSSR count). The molecule has 12 heteroatoms. The molecule has 1 aliphatic heterocycles. The van der Waals surface area contributed by atoms with Crippen LogP contribution in [0.1, 0.15) is 18.4 Å². The van der Waals surface area contributed by atoms with E-state index in [-0.39, 0.29) is 29.8 Å². The summed E-state index contributed by atoms with van der Waals surface area (Å²) < 4.78 is 21.0. The smallest absolute Gasteiger partial charge is 0.341 e. The first-order valence-electron chi connectivity index (χ1n) is 9.23. The number of piperidine rings is 1. The van der Waals surface area contributed by atoms with Crippen LogP contribution < -0.4 is 5.69 Å². The number of carbonyl (C=O) groups is 2. The van der Waals surface area contributed by atoms with Crippen molar-refractivity contribution >= 4 is 21.5 Å². The molecule has 1 atom stereocenters. The number of hydrogen-bond acceptors (Lipinski definition) is 6. The van der Waals surface area contributed by atoms with E-state index in [9.17, 15) is 18.6 Å². The van der Waals surface area contributed by atoms with E-state index >= 15 is 0 Å². The number of rotatable bonds is 5. The highest BCUT2D eigenvalue weighted by molar-refractivity contribution is 7.93. The second kappa shape index (κ2) is 8.31. The number of nitrogens with zero attached hydrogens (tertiary/aromatic N) is 7. The molecule has 0 N–H and O–H groups in total. The van der Waals surface area contributed by atoms with Gasteiger partial charge in [-0.25, -0.2) is 13.7 Å². The van der Waals surface area contributed by atoms with E-state index in [0.29, 0.717) is 25.9 Å². The Kier molecular flexibility index (Phi) is 6.01. The monoisotopic (exact) mass is 423 g/mol. The molecule has 2 amide bonds. The van der Waals surface area contributed by atoms with Gasteiger partial charge in [-0.05, 0) is 18.4 Å². The van der Waals surface area contributed by atoms with Gasteiger partial charge in [0, 0.05) is 44.9 Å². The van der Waals surface area contributed by atoms with Gasteiger partial charge in [-0.2, -0.15) is 14.6 Å². The summed E-state index contributed by atoms with van der Waals surface area (Å²) in [6, 6.07) is 0. The lowest BCUT2D eigenvalue weighted by atomic mass is 10.1. The van der Waals surface area contributed by atoms with Crippen molar-refractivity contribution in [3.63, 3.8) is 0 Å². The van der Waals surface area contributed by atoms with Crippen LogP contribution >= 0.6 is 0 Å². The molecule has 29 heavy (non-hydrogen) atoms. The summed E-state index contributed by atoms with van der Waals surface area (Å²) in [7, 11) is 0.608. The summed E-state index contributed by atoms with van der Waals surface area (Å²) in [6.07, 6.45) is 7.21. The molecule has 1 unspecified atom stereocenters. The Morgan fingerprint density at radius 1 is 1.24 bits per heavy atom. The van der Waals surface area contributed by atoms with Crippen LogP contribution in [-0.4, -0.2) is 69.6 Å². The minimum Gasteiger partial charge on any atom is -0.341 e. The van der Waals surface area contributed by atoms with Gasteiger partial charge in [0.15, 0.2) is 0 Å². The number of hydrogen-bond donors (Lipinski definition) is 0. The zero-order valence-electron chi connectivity index (χ0n) is 16.7. The summed E-state index contributed by atoms with van der Waals surface area (Å²) in [5.41, 5.74) is 0.373. The van der Waals surface area contributed by atoms with Gasteiger partial charge in [-0.1, -0.05) is 0 Å². The average Bonchev–Trinajstić information content (AvgIpc) is 3.21. The molecule has 1 saturated heterocycles. The Hall–Kier alpha value is -2.76. The molecule has 1 aliphatic rings. The molecular weight excluding hydrogens is 398 g/mol. The van der Waals surface area contributed by atoms with E-state index in [1.165, 1.54) is 17.2 Å². The van der Waals surface area contributed by atoms with Crippen LogP contribution in [0.4, 0.5) is 0 Å². The van der Waals surface area contributed by atoms with Crippen molar-refractivity contribution < 1.29 is 13.8 Å². The fourth-order valence-electron chi connectivity index (χ4n) is 3.35. The fourth-order valence-corrected chi connectivity index (χ4v) is 5.05. The van der Waals surface area contributed by atoms with E-state index in [4.69, 9.17) is 0 Å². The van der Waals surface area contributed by atoms with Crippen LogP contribution in [0.15, 0.2) is 27.9 Å². The zero-order valence-corrected chi connectivity index (χ0v) is 17.5. The normalized spacial score (nSPS) is 17.1. The maximum atomic E-state index is 13.0. The van der Waals surface area contributed by atoms with E-state index < -0.39 is 15.6 Å². The third kappa shape index (κ3) is 5.00. The summed E-state index contributed by atoms with van der Waals surface area (Å²) in [6.45, 7) is 0.685. The highest BCUT2D eigenvalue weighted by Gasteiger charge is 2.29. The molecule has 3 heterocycles. The van der Waals surface area contributed by atoms with Crippen LogP contribution in [0.2, 0.25) is 0 Å². The number of aryl methyl sites for hydroxylation is 2. The van der Waals surface area contributed by atoms with Gasteiger partial charge in [-0.3, -0.25) is 18.8 Å². The molecule has 0 spiro atoms. The molecule has 158 valence electrons. The van der Waals surface area contributed by atoms with Gasteiger partial charge in [0.2, 0.25) is 5.91 Å². The number of carbonyl (C=O) groups excluding carboxylic acids is 2. The molecule has 0 radical (unpaired) electrons. The maximum Gasteiger partial charge on any atom is 0.345 e. The van der Waals surface area contributed by atoms with Gasteiger partial charge < -0.3 is 4.90 Å². The Morgan fingerprint density at radius 3 is 2.48 bits per heavy atom. The number of aromatic nitrogens is 5. The fraction of sp³-hybridized carbons (Fsp3) is 0.588. The summed E-state index contributed by atoms with van der Waals surface area (Å²) in [5.74, 6) is -0.644. The van der Waals surface area contributed by atoms with Gasteiger partial charge in [0.25, 0.3) is 5.91 Å². The highest BCUT2D eigenvalue weighted by atomic mass is 32.2. The first-order chi connectivity index (χ1) is 13.7. The van der Waals surface area contributed by atoms with Crippen molar-refractivity contribution in [2.45, 2.75) is 31.1 Å². The van der Waals surface area contributed by atoms with Crippen LogP contribution in [0.3, 0.4) is 0 Å². The number of amides is 2. The predicted molar refractivity (Wildman–Crippen MR) is 105 cm³/mol. The lowest BCUT2D eigenvalue weighted by Crippen LogP contribution is -2.44. The summed E-state index contributed by atoms with van der Waals surface area (Å²) in [4.78, 5) is 38.1. The standard InChI is InChI=1S/C17H25N7O4S/c1-21-12-19-24(17(21)27)11-16(26)23-6-4-14(5-7-23)29(3,28)20-15(25)8-13-9-18-22(2)10-13/h9-10,12,14H,4-8,11H2,1-3H3.